The maximum absolute atomic E-state index is 8.08. The molecule has 0 aliphatic rings. The van der Waals surface area contributed by atoms with Gasteiger partial charge in [0, 0.05) is 6.54 Å². The zero-order chi connectivity index (χ0) is 4.99. The lowest BCUT2D eigenvalue weighted by molar-refractivity contribution is -0.0900. The molecular formula is C2H9N3O. The molecule has 0 aromatic heterocycles. The number of rotatable bonds is 2. The molecule has 0 saturated carbocycles. The minimum absolute atomic E-state index is 0.319. The smallest absolute Gasteiger partial charge is 0.0519 e. The van der Waals surface area contributed by atoms with Gasteiger partial charge < -0.3 is 5.73 Å². The van der Waals surface area contributed by atoms with E-state index in [1.165, 1.54) is 0 Å². The van der Waals surface area contributed by atoms with Gasteiger partial charge in [0.05, 0.1) is 6.54 Å². The highest BCUT2D eigenvalue weighted by Crippen LogP contribution is 1.57. The van der Waals surface area contributed by atoms with E-state index in [1.807, 2.05) is 0 Å². The third kappa shape index (κ3) is 3.84. The molecule has 0 heterocycles. The van der Waals surface area contributed by atoms with Crippen molar-refractivity contribution < 1.29 is 5.21 Å². The van der Waals surface area contributed by atoms with Crippen LogP contribution in [0.25, 0.3) is 0 Å². The lowest BCUT2D eigenvalue weighted by Crippen LogP contribution is -2.31. The van der Waals surface area contributed by atoms with Crippen molar-refractivity contribution in [1.82, 2.24) is 5.17 Å². The Morgan fingerprint density at radius 3 is 2.17 bits per heavy atom. The number of hydrogen-bond acceptors (Lipinski definition) is 4. The van der Waals surface area contributed by atoms with E-state index in [9.17, 15) is 0 Å². The molecular weight excluding hydrogens is 82.0 g/mol. The molecule has 0 aliphatic heterocycles. The third-order valence-electron chi connectivity index (χ3n) is 0.358. The number of hydrogen-bond donors (Lipinski definition) is 3. The van der Waals surface area contributed by atoms with Gasteiger partial charge in [0.25, 0.3) is 0 Å². The number of hydroxylamine groups is 1. The monoisotopic (exact) mass is 91.1 g/mol. The fraction of sp³-hybridized carbons (Fsp3) is 1.00. The van der Waals surface area contributed by atoms with E-state index in [0.717, 1.165) is 0 Å². The van der Waals surface area contributed by atoms with Crippen molar-refractivity contribution in [1.29, 1.82) is 0 Å². The molecule has 0 saturated heterocycles. The number of nitrogens with zero attached hydrogens (tertiary/aromatic N) is 1. The van der Waals surface area contributed by atoms with Crippen molar-refractivity contribution >= 4 is 0 Å². The summed E-state index contributed by atoms with van der Waals surface area (Å²) in [6.07, 6.45) is 0. The van der Waals surface area contributed by atoms with Gasteiger partial charge >= 0.3 is 0 Å². The van der Waals surface area contributed by atoms with Crippen LogP contribution in [0.4, 0.5) is 0 Å². The largest absolute Gasteiger partial charge is 0.329 e. The Balaban J connectivity index is 2.63. The first kappa shape index (κ1) is 5.84. The van der Waals surface area contributed by atoms with E-state index in [2.05, 4.69) is 0 Å². The first-order valence-corrected chi connectivity index (χ1v) is 1.68. The summed E-state index contributed by atoms with van der Waals surface area (Å²) in [4.78, 5) is 0. The fourth-order valence-electron chi connectivity index (χ4n) is 0.132. The summed E-state index contributed by atoms with van der Waals surface area (Å²) < 4.78 is 0. The maximum atomic E-state index is 8.08. The summed E-state index contributed by atoms with van der Waals surface area (Å²) >= 11 is 0. The van der Waals surface area contributed by atoms with Gasteiger partial charge in [0.15, 0.2) is 0 Å². The third-order valence-corrected chi connectivity index (χ3v) is 0.358. The summed E-state index contributed by atoms with van der Waals surface area (Å²) in [7, 11) is 0. The predicted molar refractivity (Wildman–Crippen MR) is 21.7 cm³/mol. The molecule has 0 radical (unpaired) electrons. The molecule has 0 atom stereocenters. The Hall–Kier alpha value is -0.160. The Labute approximate surface area is 36.3 Å². The van der Waals surface area contributed by atoms with Crippen LogP contribution in [-0.4, -0.2) is 23.5 Å². The molecule has 0 fully saturated rings. The topological polar surface area (TPSA) is 75.5 Å². The molecule has 0 spiro atoms. The zero-order valence-corrected chi connectivity index (χ0v) is 3.46. The first-order valence-electron chi connectivity index (χ1n) is 1.68. The molecule has 0 amide bonds. The normalized spacial score (nSPS) is 10.0. The van der Waals surface area contributed by atoms with E-state index < -0.39 is 0 Å². The molecule has 0 aromatic rings. The van der Waals surface area contributed by atoms with E-state index in [0.29, 0.717) is 18.3 Å². The van der Waals surface area contributed by atoms with Gasteiger partial charge in [-0.25, -0.2) is 5.84 Å². The standard InChI is InChI=1S/C2H9N3O/c3-1-2-5(4)6/h6H,1-4H2. The maximum Gasteiger partial charge on any atom is 0.0519 e. The van der Waals surface area contributed by atoms with Crippen molar-refractivity contribution in [2.75, 3.05) is 13.1 Å². The Morgan fingerprint density at radius 2 is 2.17 bits per heavy atom. The van der Waals surface area contributed by atoms with Gasteiger partial charge in [-0.15, -0.1) is 5.17 Å². The van der Waals surface area contributed by atoms with E-state index >= 15 is 0 Å². The van der Waals surface area contributed by atoms with Crippen LogP contribution < -0.4 is 11.6 Å². The van der Waals surface area contributed by atoms with Crippen LogP contribution in [0, 0.1) is 0 Å². The molecule has 38 valence electrons. The first-order chi connectivity index (χ1) is 2.77. The lowest BCUT2D eigenvalue weighted by atomic mass is 10.7. The van der Waals surface area contributed by atoms with Crippen LogP contribution in [0.1, 0.15) is 0 Å². The molecule has 0 rings (SSSR count). The minimum atomic E-state index is 0.319. The Bertz CT molecular complexity index is 30.0. The Morgan fingerprint density at radius 1 is 1.67 bits per heavy atom. The Kier molecular flexibility index (Phi) is 2.97. The van der Waals surface area contributed by atoms with E-state index in [1.54, 1.807) is 0 Å². The van der Waals surface area contributed by atoms with Crippen molar-refractivity contribution in [3.63, 3.8) is 0 Å². The van der Waals surface area contributed by atoms with Crippen LogP contribution in [0.15, 0.2) is 0 Å². The molecule has 5 N–H and O–H groups in total. The van der Waals surface area contributed by atoms with Gasteiger partial charge in [-0.3, -0.25) is 5.21 Å². The predicted octanol–water partition coefficient (Wildman–Crippen LogP) is -1.49. The van der Waals surface area contributed by atoms with Gasteiger partial charge in [-0.1, -0.05) is 0 Å². The lowest BCUT2D eigenvalue weighted by Gasteiger charge is -2.01. The quantitative estimate of drug-likeness (QED) is 0.286. The minimum Gasteiger partial charge on any atom is -0.329 e. The fourth-order valence-corrected chi connectivity index (χ4v) is 0.132. The highest BCUT2D eigenvalue weighted by Gasteiger charge is 1.82. The van der Waals surface area contributed by atoms with Crippen molar-refractivity contribution in [3.8, 4) is 0 Å². The summed E-state index contributed by atoms with van der Waals surface area (Å²) in [6, 6.07) is 0. The SMILES string of the molecule is NCCN(N)O. The average molecular weight is 91.1 g/mol. The van der Waals surface area contributed by atoms with Crippen molar-refractivity contribution in [3.05, 3.63) is 0 Å². The number of nitrogens with two attached hydrogens (primary N) is 2. The van der Waals surface area contributed by atoms with Crippen molar-refractivity contribution in [2.45, 2.75) is 0 Å². The van der Waals surface area contributed by atoms with Crippen LogP contribution in [-0.2, 0) is 0 Å². The van der Waals surface area contributed by atoms with Crippen LogP contribution in [0.3, 0.4) is 0 Å². The summed E-state index contributed by atoms with van der Waals surface area (Å²) in [5.74, 6) is 4.71. The van der Waals surface area contributed by atoms with E-state index in [-0.39, 0.29) is 0 Å². The molecule has 0 bridgehead atoms. The van der Waals surface area contributed by atoms with Gasteiger partial charge in [0.2, 0.25) is 0 Å². The number of hydrazine groups is 1. The van der Waals surface area contributed by atoms with Gasteiger partial charge in [-0.05, 0) is 0 Å². The molecule has 0 aromatic carbocycles. The van der Waals surface area contributed by atoms with Crippen molar-refractivity contribution in [2.24, 2.45) is 11.6 Å². The summed E-state index contributed by atoms with van der Waals surface area (Å²) in [5, 5.41) is 8.64. The van der Waals surface area contributed by atoms with Gasteiger partial charge in [0.1, 0.15) is 0 Å². The molecule has 0 unspecified atom stereocenters. The van der Waals surface area contributed by atoms with Gasteiger partial charge in [-0.2, -0.15) is 0 Å². The second-order valence-electron chi connectivity index (χ2n) is 0.952. The second-order valence-corrected chi connectivity index (χ2v) is 0.952. The summed E-state index contributed by atoms with van der Waals surface area (Å²) in [5.41, 5.74) is 4.95. The molecule has 6 heavy (non-hydrogen) atoms. The molecule has 0 aliphatic carbocycles. The molecule has 4 heteroatoms. The highest BCUT2D eigenvalue weighted by atomic mass is 16.5. The van der Waals surface area contributed by atoms with Crippen LogP contribution in [0.5, 0.6) is 0 Å². The average Bonchev–Trinajstić information content (AvgIpc) is 1.35. The van der Waals surface area contributed by atoms with Crippen LogP contribution >= 0.6 is 0 Å². The van der Waals surface area contributed by atoms with Crippen LogP contribution in [0.2, 0.25) is 0 Å². The summed E-state index contributed by atoms with van der Waals surface area (Å²) in [6.45, 7) is 0.701. The molecule has 4 nitrogen and oxygen atoms in total. The zero-order valence-electron chi connectivity index (χ0n) is 3.46. The van der Waals surface area contributed by atoms with E-state index in [4.69, 9.17) is 16.8 Å². The highest BCUT2D eigenvalue weighted by molar-refractivity contribution is 4.30. The second kappa shape index (κ2) is 3.05.